The van der Waals surface area contributed by atoms with E-state index in [2.05, 4.69) is 103 Å². The molecule has 0 radical (unpaired) electrons. The van der Waals surface area contributed by atoms with Crippen LogP contribution in [-0.2, 0) is 0 Å². The average molecular weight is 422 g/mol. The first-order valence-corrected chi connectivity index (χ1v) is 15.2. The fourth-order valence-corrected chi connectivity index (χ4v) is 9.65. The highest BCUT2D eigenvalue weighted by Gasteiger charge is 2.26. The monoisotopic (exact) mass is 421 g/mol. The van der Waals surface area contributed by atoms with Crippen molar-refractivity contribution in [2.24, 2.45) is 0 Å². The summed E-state index contributed by atoms with van der Waals surface area (Å²) in [6.07, 6.45) is 0. The molecule has 2 heterocycles. The van der Waals surface area contributed by atoms with E-state index in [9.17, 15) is 0 Å². The third-order valence-electron chi connectivity index (χ3n) is 6.63. The molecule has 146 valence electrons. The van der Waals surface area contributed by atoms with Crippen LogP contribution in [0, 0.1) is 0 Å². The van der Waals surface area contributed by atoms with E-state index in [0.29, 0.717) is 0 Å². The van der Waals surface area contributed by atoms with E-state index in [0.717, 1.165) is 11.5 Å². The van der Waals surface area contributed by atoms with Crippen LogP contribution in [0.3, 0.4) is 0 Å². The van der Waals surface area contributed by atoms with Gasteiger partial charge in [0.25, 0.3) is 0 Å². The summed E-state index contributed by atoms with van der Waals surface area (Å²) in [6.45, 7) is 4.85. The molecule has 4 aromatic rings. The Kier molecular flexibility index (Phi) is 3.98. The zero-order valence-electron chi connectivity index (χ0n) is 17.1. The zero-order chi connectivity index (χ0) is 20.2. The molecule has 0 aliphatic carbocycles. The van der Waals surface area contributed by atoms with Gasteiger partial charge in [0, 0.05) is 11.4 Å². The van der Waals surface area contributed by atoms with Crippen molar-refractivity contribution in [2.45, 2.75) is 13.1 Å². The van der Waals surface area contributed by atoms with Crippen molar-refractivity contribution in [1.82, 2.24) is 0 Å². The third-order valence-corrected chi connectivity index (χ3v) is 12.3. The lowest BCUT2D eigenvalue weighted by atomic mass is 10.0. The first-order valence-electron chi connectivity index (χ1n) is 10.6. The maximum Gasteiger partial charge on any atom is 0.126 e. The number of rotatable bonds is 1. The maximum absolute atomic E-state index is 6.22. The molecule has 0 fully saturated rings. The summed E-state index contributed by atoms with van der Waals surface area (Å²) in [6, 6.07) is 31.0. The molecule has 0 unspecified atom stereocenters. The number of hydrogen-bond acceptors (Lipinski definition) is 2. The molecule has 2 atom stereocenters. The van der Waals surface area contributed by atoms with Gasteiger partial charge in [-0.3, -0.25) is 0 Å². The van der Waals surface area contributed by atoms with Crippen molar-refractivity contribution in [1.29, 1.82) is 0 Å². The smallest absolute Gasteiger partial charge is 0.126 e. The summed E-state index contributed by atoms with van der Waals surface area (Å²) >= 11 is 0. The highest BCUT2D eigenvalue weighted by molar-refractivity contribution is 6.87. The summed E-state index contributed by atoms with van der Waals surface area (Å²) in [4.78, 5) is 0. The van der Waals surface area contributed by atoms with E-state index < -0.39 is 17.6 Å². The van der Waals surface area contributed by atoms with Crippen molar-refractivity contribution >= 4 is 49.7 Å². The Morgan fingerprint density at radius 3 is 2.03 bits per heavy atom. The Morgan fingerprint density at radius 2 is 1.17 bits per heavy atom. The summed E-state index contributed by atoms with van der Waals surface area (Å²) in [7, 11) is -2.45. The fourth-order valence-electron chi connectivity index (χ4n) is 4.89. The average Bonchev–Trinajstić information content (AvgIpc) is 2.79. The number of benzene rings is 4. The van der Waals surface area contributed by atoms with E-state index in [4.69, 9.17) is 4.74 Å². The van der Waals surface area contributed by atoms with Crippen LogP contribution in [0.5, 0.6) is 11.5 Å². The minimum atomic E-state index is -1.25. The van der Waals surface area contributed by atoms with Gasteiger partial charge in [-0.05, 0) is 56.1 Å². The molecular formula is C26H23NOSi2. The Balaban J connectivity index is 1.41. The van der Waals surface area contributed by atoms with Crippen molar-refractivity contribution in [3.05, 3.63) is 84.9 Å². The molecule has 0 saturated carbocycles. The Bertz CT molecular complexity index is 1200. The number of fused-ring (bicyclic) bond motifs is 4. The first kappa shape index (κ1) is 17.7. The van der Waals surface area contributed by atoms with Crippen molar-refractivity contribution in [3.63, 3.8) is 0 Å². The summed E-state index contributed by atoms with van der Waals surface area (Å²) < 4.78 is 6.22. The predicted octanol–water partition coefficient (Wildman–Crippen LogP) is 3.46. The van der Waals surface area contributed by atoms with Gasteiger partial charge in [-0.25, -0.2) is 0 Å². The number of nitrogens with one attached hydrogen (secondary N) is 1. The van der Waals surface area contributed by atoms with Gasteiger partial charge in [0.15, 0.2) is 0 Å². The second-order valence-corrected chi connectivity index (χ2v) is 13.7. The number of para-hydroxylation sites is 2. The number of ether oxygens (including phenoxy) is 1. The van der Waals surface area contributed by atoms with Crippen LogP contribution in [0.15, 0.2) is 84.9 Å². The lowest BCUT2D eigenvalue weighted by Gasteiger charge is -2.27. The summed E-state index contributed by atoms with van der Waals surface area (Å²) in [5, 5.41) is 9.43. The first-order chi connectivity index (χ1) is 14.7. The van der Waals surface area contributed by atoms with Crippen molar-refractivity contribution < 1.29 is 4.74 Å². The fraction of sp³-hybridized carbons (Fsp3) is 0.0769. The van der Waals surface area contributed by atoms with Crippen molar-refractivity contribution in [3.8, 4) is 22.6 Å². The molecule has 0 saturated heterocycles. The van der Waals surface area contributed by atoms with Crippen LogP contribution in [0.25, 0.3) is 11.1 Å². The van der Waals surface area contributed by atoms with Crippen LogP contribution in [-0.4, -0.2) is 17.6 Å². The molecule has 2 nitrogen and oxygen atoms in total. The van der Waals surface area contributed by atoms with E-state index in [1.165, 1.54) is 43.2 Å². The SMILES string of the molecule is C[Si@@H]1c2ccccc2Nc2ccc(-c3ccc4c(c3)[Si@@H](C)c3ccccc3O4)cc21. The highest BCUT2D eigenvalue weighted by Crippen LogP contribution is 2.29. The quantitative estimate of drug-likeness (QED) is 0.475. The van der Waals surface area contributed by atoms with Gasteiger partial charge in [-0.2, -0.15) is 0 Å². The summed E-state index contributed by atoms with van der Waals surface area (Å²) in [5.41, 5.74) is 5.15. The molecule has 2 aliphatic heterocycles. The second-order valence-electron chi connectivity index (χ2n) is 8.35. The predicted molar refractivity (Wildman–Crippen MR) is 133 cm³/mol. The lowest BCUT2D eigenvalue weighted by molar-refractivity contribution is 0.487. The summed E-state index contributed by atoms with van der Waals surface area (Å²) in [5.74, 6) is 2.07. The van der Waals surface area contributed by atoms with Crippen LogP contribution in [0.2, 0.25) is 13.1 Å². The van der Waals surface area contributed by atoms with Gasteiger partial charge in [0.2, 0.25) is 0 Å². The van der Waals surface area contributed by atoms with E-state index in [1.807, 2.05) is 0 Å². The Labute approximate surface area is 180 Å². The molecule has 6 rings (SSSR count). The maximum atomic E-state index is 6.22. The normalized spacial score (nSPS) is 18.2. The van der Waals surface area contributed by atoms with Crippen LogP contribution < -0.4 is 30.8 Å². The lowest BCUT2D eigenvalue weighted by Crippen LogP contribution is -2.45. The molecule has 0 spiro atoms. The second kappa shape index (κ2) is 6.72. The topological polar surface area (TPSA) is 21.3 Å². The minimum absolute atomic E-state index is 1.04. The zero-order valence-corrected chi connectivity index (χ0v) is 19.5. The molecule has 0 amide bonds. The van der Waals surface area contributed by atoms with Gasteiger partial charge in [-0.15, -0.1) is 0 Å². The van der Waals surface area contributed by atoms with Crippen LogP contribution >= 0.6 is 0 Å². The highest BCUT2D eigenvalue weighted by atomic mass is 28.3. The Morgan fingerprint density at radius 1 is 0.567 bits per heavy atom. The molecular weight excluding hydrogens is 398 g/mol. The van der Waals surface area contributed by atoms with Gasteiger partial charge >= 0.3 is 0 Å². The van der Waals surface area contributed by atoms with Crippen molar-refractivity contribution in [2.75, 3.05) is 5.32 Å². The van der Waals surface area contributed by atoms with Crippen LogP contribution in [0.1, 0.15) is 0 Å². The largest absolute Gasteiger partial charge is 0.458 e. The molecule has 30 heavy (non-hydrogen) atoms. The number of anilines is 2. The third kappa shape index (κ3) is 2.68. The molecule has 0 aromatic heterocycles. The van der Waals surface area contributed by atoms with Crippen LogP contribution in [0.4, 0.5) is 11.4 Å². The van der Waals surface area contributed by atoms with E-state index in [-0.39, 0.29) is 0 Å². The Hall–Kier alpha value is -3.09. The van der Waals surface area contributed by atoms with Gasteiger partial charge in [-0.1, -0.05) is 73.8 Å². The standard InChI is InChI=1S/C26H23NOSi2/c1-29-23-9-5-3-7-19(23)27-20-13-11-17(15-25(20)29)18-12-14-22-26(16-18)30(2)24-10-6-4-8-21(24)28-22/h3-16,27,29-30H,1-2H3/t29-,30+/m1/s1. The van der Waals surface area contributed by atoms with Gasteiger partial charge < -0.3 is 10.1 Å². The van der Waals surface area contributed by atoms with Gasteiger partial charge in [0.05, 0.1) is 0 Å². The van der Waals surface area contributed by atoms with Gasteiger partial charge in [0.1, 0.15) is 29.1 Å². The minimum Gasteiger partial charge on any atom is -0.458 e. The van der Waals surface area contributed by atoms with E-state index >= 15 is 0 Å². The molecule has 4 aromatic carbocycles. The molecule has 0 bridgehead atoms. The molecule has 4 heteroatoms. The van der Waals surface area contributed by atoms with E-state index in [1.54, 1.807) is 0 Å². The molecule has 2 aliphatic rings. The molecule has 1 N–H and O–H groups in total. The number of hydrogen-bond donors (Lipinski definition) is 1.